The molecule has 0 heterocycles. The highest BCUT2D eigenvalue weighted by Gasteiger charge is 2.18. The van der Waals surface area contributed by atoms with Gasteiger partial charge in [-0.2, -0.15) is 5.26 Å². The van der Waals surface area contributed by atoms with Crippen LogP contribution in [-0.4, -0.2) is 12.5 Å². The van der Waals surface area contributed by atoms with E-state index in [0.29, 0.717) is 17.1 Å². The first kappa shape index (κ1) is 14.3. The van der Waals surface area contributed by atoms with Gasteiger partial charge >= 0.3 is 0 Å². The summed E-state index contributed by atoms with van der Waals surface area (Å²) < 4.78 is 0.901. The molecule has 0 unspecified atom stereocenters. The normalized spacial score (nSPS) is 10.8. The van der Waals surface area contributed by atoms with Gasteiger partial charge in [0, 0.05) is 15.7 Å². The average molecular weight is 363 g/mol. The van der Waals surface area contributed by atoms with E-state index in [2.05, 4.69) is 34.0 Å². The van der Waals surface area contributed by atoms with Gasteiger partial charge in [0.2, 0.25) is 0 Å². The quantitative estimate of drug-likeness (QED) is 0.839. The molecule has 0 aliphatic rings. The molecule has 1 N–H and O–H groups in total. The molecular formula is C12H12ClIN2O. The lowest BCUT2D eigenvalue weighted by Gasteiger charge is -2.15. The summed E-state index contributed by atoms with van der Waals surface area (Å²) in [7, 11) is 0. The summed E-state index contributed by atoms with van der Waals surface area (Å²) in [5, 5.41) is 12.1. The minimum Gasteiger partial charge on any atom is -0.350 e. The van der Waals surface area contributed by atoms with Crippen LogP contribution >= 0.6 is 34.2 Å². The van der Waals surface area contributed by atoms with E-state index >= 15 is 0 Å². The number of carbonyl (C=O) groups is 1. The number of halogens is 2. The number of hydrogen-bond donors (Lipinski definition) is 1. The van der Waals surface area contributed by atoms with E-state index < -0.39 is 5.41 Å². The summed E-state index contributed by atoms with van der Waals surface area (Å²) in [4.78, 5) is 11.8. The van der Waals surface area contributed by atoms with Crippen LogP contribution in [0.5, 0.6) is 0 Å². The van der Waals surface area contributed by atoms with E-state index in [-0.39, 0.29) is 5.91 Å². The minimum absolute atomic E-state index is 0.216. The number of hydrogen-bond acceptors (Lipinski definition) is 2. The van der Waals surface area contributed by atoms with E-state index in [9.17, 15) is 4.79 Å². The van der Waals surface area contributed by atoms with Crippen molar-refractivity contribution in [2.24, 2.45) is 5.41 Å². The Balaban J connectivity index is 2.72. The van der Waals surface area contributed by atoms with Crippen LogP contribution in [0.3, 0.4) is 0 Å². The van der Waals surface area contributed by atoms with Gasteiger partial charge in [-0.3, -0.25) is 4.79 Å². The smallest absolute Gasteiger partial charge is 0.251 e. The number of amides is 1. The fourth-order valence-electron chi connectivity index (χ4n) is 1.08. The molecule has 1 rings (SSSR count). The van der Waals surface area contributed by atoms with Crippen molar-refractivity contribution in [3.05, 3.63) is 32.4 Å². The Hall–Kier alpha value is -0.800. The SMILES string of the molecule is CC(C)(C#N)CNC(=O)c1ccc(I)c(Cl)c1. The van der Waals surface area contributed by atoms with Gasteiger partial charge in [-0.25, -0.2) is 0 Å². The highest BCUT2D eigenvalue weighted by atomic mass is 127. The lowest BCUT2D eigenvalue weighted by molar-refractivity contribution is 0.0943. The van der Waals surface area contributed by atoms with Gasteiger partial charge in [-0.1, -0.05) is 11.6 Å². The molecule has 17 heavy (non-hydrogen) atoms. The Kier molecular flexibility index (Phi) is 4.78. The lowest BCUT2D eigenvalue weighted by Crippen LogP contribution is -2.33. The van der Waals surface area contributed by atoms with E-state index in [1.54, 1.807) is 32.0 Å². The van der Waals surface area contributed by atoms with Crippen molar-refractivity contribution >= 4 is 40.1 Å². The van der Waals surface area contributed by atoms with Crippen LogP contribution in [0.25, 0.3) is 0 Å². The van der Waals surface area contributed by atoms with Gasteiger partial charge in [0.25, 0.3) is 5.91 Å². The van der Waals surface area contributed by atoms with Crippen LogP contribution < -0.4 is 5.32 Å². The fraction of sp³-hybridized carbons (Fsp3) is 0.333. The zero-order valence-corrected chi connectivity index (χ0v) is 12.5. The standard InChI is InChI=1S/C12H12ClIN2O/c1-12(2,6-15)7-16-11(17)8-3-4-10(14)9(13)5-8/h3-5H,7H2,1-2H3,(H,16,17). The van der Waals surface area contributed by atoms with Crippen molar-refractivity contribution in [2.75, 3.05) is 6.54 Å². The van der Waals surface area contributed by atoms with Gasteiger partial charge in [0.05, 0.1) is 16.5 Å². The summed E-state index contributed by atoms with van der Waals surface area (Å²) in [5.41, 5.74) is -0.0630. The van der Waals surface area contributed by atoms with E-state index in [0.717, 1.165) is 3.57 Å². The van der Waals surface area contributed by atoms with Crippen LogP contribution in [0.1, 0.15) is 24.2 Å². The summed E-state index contributed by atoms with van der Waals surface area (Å²) in [6, 6.07) is 7.25. The molecule has 3 nitrogen and oxygen atoms in total. The summed E-state index contributed by atoms with van der Waals surface area (Å²) in [5.74, 6) is -0.216. The van der Waals surface area contributed by atoms with E-state index in [1.165, 1.54) is 0 Å². The van der Waals surface area contributed by atoms with Crippen LogP contribution in [0, 0.1) is 20.3 Å². The van der Waals surface area contributed by atoms with Crippen LogP contribution in [-0.2, 0) is 0 Å². The number of nitrogens with zero attached hydrogens (tertiary/aromatic N) is 1. The van der Waals surface area contributed by atoms with E-state index in [4.69, 9.17) is 16.9 Å². The van der Waals surface area contributed by atoms with Crippen LogP contribution in [0.15, 0.2) is 18.2 Å². The van der Waals surface area contributed by atoms with Crippen molar-refractivity contribution in [1.82, 2.24) is 5.32 Å². The highest BCUT2D eigenvalue weighted by molar-refractivity contribution is 14.1. The molecule has 1 aromatic carbocycles. The van der Waals surface area contributed by atoms with Crippen molar-refractivity contribution in [3.8, 4) is 6.07 Å². The van der Waals surface area contributed by atoms with Crippen molar-refractivity contribution < 1.29 is 4.79 Å². The van der Waals surface area contributed by atoms with Gasteiger partial charge in [-0.05, 0) is 54.6 Å². The Bertz CT molecular complexity index is 480. The molecule has 0 bridgehead atoms. The lowest BCUT2D eigenvalue weighted by atomic mass is 9.96. The number of nitriles is 1. The second-order valence-corrected chi connectivity index (χ2v) is 5.88. The third-order valence-electron chi connectivity index (χ3n) is 2.18. The number of rotatable bonds is 3. The van der Waals surface area contributed by atoms with Crippen molar-refractivity contribution in [1.29, 1.82) is 5.26 Å². The second kappa shape index (κ2) is 5.69. The molecule has 0 aliphatic heterocycles. The van der Waals surface area contributed by atoms with Crippen LogP contribution in [0.4, 0.5) is 0 Å². The average Bonchev–Trinajstić information content (AvgIpc) is 2.30. The Morgan fingerprint density at radius 3 is 2.76 bits per heavy atom. The third-order valence-corrected chi connectivity index (χ3v) is 3.75. The molecule has 1 aromatic rings. The molecule has 0 aromatic heterocycles. The monoisotopic (exact) mass is 362 g/mol. The molecule has 0 saturated heterocycles. The number of benzene rings is 1. The maximum atomic E-state index is 11.8. The first-order chi connectivity index (χ1) is 7.85. The molecular weight excluding hydrogens is 351 g/mol. The highest BCUT2D eigenvalue weighted by Crippen LogP contribution is 2.19. The zero-order valence-electron chi connectivity index (χ0n) is 9.55. The predicted octanol–water partition coefficient (Wildman–Crippen LogP) is 3.22. The second-order valence-electron chi connectivity index (χ2n) is 4.31. The van der Waals surface area contributed by atoms with Gasteiger partial charge in [0.15, 0.2) is 0 Å². The molecule has 0 radical (unpaired) electrons. The van der Waals surface area contributed by atoms with Crippen LogP contribution in [0.2, 0.25) is 5.02 Å². The van der Waals surface area contributed by atoms with Gasteiger partial charge in [0.1, 0.15) is 0 Å². The summed E-state index contributed by atoms with van der Waals surface area (Å²) >= 11 is 8.03. The number of nitrogens with one attached hydrogen (secondary N) is 1. The molecule has 0 spiro atoms. The Morgan fingerprint density at radius 1 is 1.59 bits per heavy atom. The molecule has 0 fully saturated rings. The Labute approximate surface area is 119 Å². The minimum atomic E-state index is -0.567. The Morgan fingerprint density at radius 2 is 2.24 bits per heavy atom. The van der Waals surface area contributed by atoms with Crippen molar-refractivity contribution in [2.45, 2.75) is 13.8 Å². The van der Waals surface area contributed by atoms with Gasteiger partial charge < -0.3 is 5.32 Å². The molecule has 90 valence electrons. The maximum absolute atomic E-state index is 11.8. The van der Waals surface area contributed by atoms with E-state index in [1.807, 2.05) is 0 Å². The molecule has 0 saturated carbocycles. The summed E-state index contributed by atoms with van der Waals surface area (Å²) in [6.07, 6.45) is 0. The third kappa shape index (κ3) is 4.17. The first-order valence-corrected chi connectivity index (χ1v) is 6.46. The molecule has 0 aliphatic carbocycles. The molecule has 5 heteroatoms. The predicted molar refractivity (Wildman–Crippen MR) is 75.9 cm³/mol. The fourth-order valence-corrected chi connectivity index (χ4v) is 1.60. The zero-order chi connectivity index (χ0) is 13.1. The molecule has 0 atom stereocenters. The van der Waals surface area contributed by atoms with Gasteiger partial charge in [-0.15, -0.1) is 0 Å². The number of carbonyl (C=O) groups excluding carboxylic acids is 1. The van der Waals surface area contributed by atoms with Crippen molar-refractivity contribution in [3.63, 3.8) is 0 Å². The topological polar surface area (TPSA) is 52.9 Å². The first-order valence-electron chi connectivity index (χ1n) is 5.00. The largest absolute Gasteiger partial charge is 0.350 e. The maximum Gasteiger partial charge on any atom is 0.251 e. The summed E-state index contributed by atoms with van der Waals surface area (Å²) in [6.45, 7) is 3.86. The molecule has 1 amide bonds.